The molecule has 6 nitrogen and oxygen atoms in total. The average molecular weight is 487 g/mol. The van der Waals surface area contributed by atoms with Crippen LogP contribution in [0.5, 0.6) is 0 Å². The Kier molecular flexibility index (Phi) is 5.90. The van der Waals surface area contributed by atoms with Gasteiger partial charge in [-0.2, -0.15) is 0 Å². The van der Waals surface area contributed by atoms with Crippen LogP contribution in [0.2, 0.25) is 0 Å². The van der Waals surface area contributed by atoms with E-state index in [1.165, 1.54) is 10.4 Å². The Labute approximate surface area is 210 Å². The molecule has 2 aromatic heterocycles. The lowest BCUT2D eigenvalue weighted by atomic mass is 9.90. The summed E-state index contributed by atoms with van der Waals surface area (Å²) in [4.78, 5) is 25.2. The number of carbonyl (C=O) groups is 1. The van der Waals surface area contributed by atoms with E-state index < -0.39 is 0 Å². The number of quaternary nitrogens is 1. The Morgan fingerprint density at radius 3 is 2.71 bits per heavy atom. The van der Waals surface area contributed by atoms with Crippen molar-refractivity contribution in [2.24, 2.45) is 18.4 Å². The maximum atomic E-state index is 12.9. The molecule has 35 heavy (non-hydrogen) atoms. The topological polar surface area (TPSA) is 64.2 Å². The Hall–Kier alpha value is -3.03. The molecule has 6 rings (SSSR count). The summed E-state index contributed by atoms with van der Waals surface area (Å²) in [6.45, 7) is 3.97. The van der Waals surface area contributed by atoms with Gasteiger partial charge < -0.3 is 14.8 Å². The number of aryl methyl sites for hydroxylation is 1. The quantitative estimate of drug-likeness (QED) is 0.422. The van der Waals surface area contributed by atoms with Gasteiger partial charge in [0.1, 0.15) is 17.4 Å². The summed E-state index contributed by atoms with van der Waals surface area (Å²) in [5.41, 5.74) is 3.59. The van der Waals surface area contributed by atoms with E-state index in [4.69, 9.17) is 4.98 Å². The molecular weight excluding hydrogens is 454 g/mol. The first-order valence-corrected chi connectivity index (χ1v) is 13.4. The Morgan fingerprint density at radius 1 is 1.14 bits per heavy atom. The van der Waals surface area contributed by atoms with Crippen LogP contribution in [-0.4, -0.2) is 40.1 Å². The standard InChI is InChI=1S/C28H31N5OS/c1-32-24-10-6-5-9-23(24)31-25(32)11-14-29-26(34)22-17-28(22)12-15-33(16-13-28)19-21-18-30-27(35-21)20-7-3-2-4-8-20/h2-10,18,22H,11-17,19H2,1H3,(H,29,34)/p+1. The third-order valence-corrected chi connectivity index (χ3v) is 9.03. The average Bonchev–Trinajstić information content (AvgIpc) is 3.22. The number of nitrogens with zero attached hydrogens (tertiary/aromatic N) is 3. The zero-order valence-corrected chi connectivity index (χ0v) is 21.0. The van der Waals surface area contributed by atoms with Gasteiger partial charge in [-0.25, -0.2) is 9.97 Å². The van der Waals surface area contributed by atoms with Crippen LogP contribution >= 0.6 is 11.3 Å². The van der Waals surface area contributed by atoms with Gasteiger partial charge in [0.05, 0.1) is 29.0 Å². The highest BCUT2D eigenvalue weighted by atomic mass is 32.1. The highest BCUT2D eigenvalue weighted by Crippen LogP contribution is 2.58. The van der Waals surface area contributed by atoms with Crippen LogP contribution in [0.3, 0.4) is 0 Å². The summed E-state index contributed by atoms with van der Waals surface area (Å²) in [7, 11) is 2.05. The molecule has 0 bridgehead atoms. The lowest BCUT2D eigenvalue weighted by Crippen LogP contribution is -3.11. The fraction of sp³-hybridized carbons (Fsp3) is 0.393. The highest BCUT2D eigenvalue weighted by Gasteiger charge is 2.59. The number of thiazole rings is 1. The maximum Gasteiger partial charge on any atom is 0.223 e. The van der Waals surface area contributed by atoms with Crippen molar-refractivity contribution in [3.63, 3.8) is 0 Å². The van der Waals surface area contributed by atoms with Crippen LogP contribution in [0.1, 0.15) is 30.0 Å². The van der Waals surface area contributed by atoms with Gasteiger partial charge in [-0.05, 0) is 24.0 Å². The number of hydrogen-bond donors (Lipinski definition) is 2. The third-order valence-electron chi connectivity index (χ3n) is 7.99. The summed E-state index contributed by atoms with van der Waals surface area (Å²) >= 11 is 1.81. The predicted molar refractivity (Wildman–Crippen MR) is 139 cm³/mol. The molecule has 1 unspecified atom stereocenters. The van der Waals surface area contributed by atoms with E-state index in [1.54, 1.807) is 4.90 Å². The molecule has 2 N–H and O–H groups in total. The molecule has 2 aromatic carbocycles. The number of fused-ring (bicyclic) bond motifs is 1. The summed E-state index contributed by atoms with van der Waals surface area (Å²) in [6, 6.07) is 18.6. The molecular formula is C28H32N5OS+. The molecule has 1 spiro atoms. The number of carbonyl (C=O) groups excluding carboxylic acids is 1. The van der Waals surface area contributed by atoms with Gasteiger partial charge >= 0.3 is 0 Å². The number of rotatable bonds is 7. The lowest BCUT2D eigenvalue weighted by Gasteiger charge is -2.29. The number of piperidine rings is 1. The molecule has 3 heterocycles. The van der Waals surface area contributed by atoms with Crippen LogP contribution in [0.4, 0.5) is 0 Å². The summed E-state index contributed by atoms with van der Waals surface area (Å²) < 4.78 is 2.13. The SMILES string of the molecule is Cn1c(CCNC(=O)C2CC23CC[NH+](Cc2cnc(-c4ccccc4)s2)CC3)nc2ccccc21. The third kappa shape index (κ3) is 4.50. The first-order valence-electron chi connectivity index (χ1n) is 12.6. The fourth-order valence-electron chi connectivity index (χ4n) is 5.74. The van der Waals surface area contributed by atoms with Gasteiger partial charge in [0, 0.05) is 50.5 Å². The van der Waals surface area contributed by atoms with Crippen molar-refractivity contribution in [1.82, 2.24) is 19.9 Å². The minimum Gasteiger partial charge on any atom is -0.355 e. The van der Waals surface area contributed by atoms with Crippen molar-refractivity contribution in [3.05, 3.63) is 71.5 Å². The number of benzene rings is 2. The molecule has 1 saturated heterocycles. The molecule has 180 valence electrons. The molecule has 2 fully saturated rings. The molecule has 4 aromatic rings. The van der Waals surface area contributed by atoms with E-state index in [2.05, 4.69) is 45.2 Å². The molecule has 1 aliphatic carbocycles. The van der Waals surface area contributed by atoms with E-state index in [0.717, 1.165) is 67.2 Å². The number of imidazole rings is 1. The second kappa shape index (κ2) is 9.21. The minimum absolute atomic E-state index is 0.192. The Balaban J connectivity index is 0.972. The first kappa shape index (κ1) is 22.4. The predicted octanol–water partition coefficient (Wildman–Crippen LogP) is 3.24. The molecule has 1 aliphatic heterocycles. The first-order chi connectivity index (χ1) is 17.1. The molecule has 1 amide bonds. The summed E-state index contributed by atoms with van der Waals surface area (Å²) in [5.74, 6) is 1.45. The Bertz CT molecular complexity index is 1340. The maximum absolute atomic E-state index is 12.9. The molecule has 7 heteroatoms. The molecule has 2 aliphatic rings. The zero-order chi connectivity index (χ0) is 23.8. The molecule has 0 radical (unpaired) electrons. The largest absolute Gasteiger partial charge is 0.355 e. The number of likely N-dealkylation sites (tertiary alicyclic amines) is 1. The summed E-state index contributed by atoms with van der Waals surface area (Å²) in [6.07, 6.45) is 6.15. The Morgan fingerprint density at radius 2 is 1.91 bits per heavy atom. The summed E-state index contributed by atoms with van der Waals surface area (Å²) in [5, 5.41) is 4.30. The van der Waals surface area contributed by atoms with Crippen LogP contribution in [0.25, 0.3) is 21.6 Å². The second-order valence-electron chi connectivity index (χ2n) is 10.2. The smallest absolute Gasteiger partial charge is 0.223 e. The highest BCUT2D eigenvalue weighted by molar-refractivity contribution is 7.15. The van der Waals surface area contributed by atoms with E-state index >= 15 is 0 Å². The van der Waals surface area contributed by atoms with Crippen molar-refractivity contribution in [3.8, 4) is 10.6 Å². The van der Waals surface area contributed by atoms with Gasteiger partial charge in [-0.3, -0.25) is 4.79 Å². The van der Waals surface area contributed by atoms with Crippen LogP contribution in [0.15, 0.2) is 60.8 Å². The number of para-hydroxylation sites is 2. The van der Waals surface area contributed by atoms with Crippen LogP contribution in [0, 0.1) is 11.3 Å². The number of hydrogen-bond acceptors (Lipinski definition) is 4. The van der Waals surface area contributed by atoms with Crippen molar-refractivity contribution in [2.75, 3.05) is 19.6 Å². The van der Waals surface area contributed by atoms with Crippen LogP contribution in [-0.2, 0) is 24.8 Å². The van der Waals surface area contributed by atoms with Crippen molar-refractivity contribution < 1.29 is 9.69 Å². The van der Waals surface area contributed by atoms with E-state index in [0.29, 0.717) is 6.54 Å². The second-order valence-corrected chi connectivity index (χ2v) is 11.3. The lowest BCUT2D eigenvalue weighted by molar-refractivity contribution is -0.920. The monoisotopic (exact) mass is 486 g/mol. The normalized spacial score (nSPS) is 23.6. The number of aromatic nitrogens is 3. The number of nitrogens with one attached hydrogen (secondary N) is 2. The van der Waals surface area contributed by atoms with Crippen molar-refractivity contribution >= 4 is 28.3 Å². The van der Waals surface area contributed by atoms with E-state index in [-0.39, 0.29) is 17.2 Å². The van der Waals surface area contributed by atoms with Gasteiger partial charge in [0.25, 0.3) is 0 Å². The molecule has 1 saturated carbocycles. The minimum atomic E-state index is 0.192. The molecule has 1 atom stereocenters. The van der Waals surface area contributed by atoms with Crippen molar-refractivity contribution in [1.29, 1.82) is 0 Å². The van der Waals surface area contributed by atoms with E-state index in [1.807, 2.05) is 48.8 Å². The zero-order valence-electron chi connectivity index (χ0n) is 20.2. The number of amides is 1. The van der Waals surface area contributed by atoms with Crippen molar-refractivity contribution in [2.45, 2.75) is 32.2 Å². The van der Waals surface area contributed by atoms with Gasteiger partial charge in [-0.15, -0.1) is 11.3 Å². The fourth-order valence-corrected chi connectivity index (χ4v) is 6.73. The van der Waals surface area contributed by atoms with Gasteiger partial charge in [-0.1, -0.05) is 42.5 Å². The van der Waals surface area contributed by atoms with Gasteiger partial charge in [0.15, 0.2) is 0 Å². The van der Waals surface area contributed by atoms with Gasteiger partial charge in [0.2, 0.25) is 5.91 Å². The van der Waals surface area contributed by atoms with Crippen LogP contribution < -0.4 is 10.2 Å². The van der Waals surface area contributed by atoms with E-state index in [9.17, 15) is 4.79 Å².